The van der Waals surface area contributed by atoms with E-state index in [1.165, 1.54) is 4.68 Å². The molecular weight excluding hydrogens is 473 g/mol. The summed E-state index contributed by atoms with van der Waals surface area (Å²) in [6.07, 6.45) is 3.43. The zero-order valence-corrected chi connectivity index (χ0v) is 19.2. The van der Waals surface area contributed by atoms with Gasteiger partial charge in [0.25, 0.3) is 5.91 Å². The summed E-state index contributed by atoms with van der Waals surface area (Å²) < 4.78 is 8.91. The Hall–Kier alpha value is -3.00. The van der Waals surface area contributed by atoms with Crippen LogP contribution in [0.5, 0.6) is 5.75 Å². The summed E-state index contributed by atoms with van der Waals surface area (Å²) in [6, 6.07) is 14.1. The number of halogens is 3. The van der Waals surface area contributed by atoms with E-state index in [4.69, 9.17) is 39.5 Å². The van der Waals surface area contributed by atoms with Crippen LogP contribution in [0.4, 0.5) is 5.82 Å². The largest absolute Gasteiger partial charge is 0.471 e. The van der Waals surface area contributed by atoms with Crippen LogP contribution in [-0.4, -0.2) is 25.5 Å². The first kappa shape index (κ1) is 22.2. The standard InChI is InChI=1S/C22H18Cl3N5O2/c1-14-10-16(3-5-17(14)23)32-13-30-8-6-20(27-30)22(31)26-21-7-9-29(28-21)12-15-2-4-18(24)19(25)11-15/h2-11H,12-13H2,1H3,(H,26,28,31). The van der Waals surface area contributed by atoms with E-state index < -0.39 is 0 Å². The topological polar surface area (TPSA) is 74.0 Å². The van der Waals surface area contributed by atoms with Crippen LogP contribution in [0.1, 0.15) is 21.6 Å². The molecule has 4 rings (SSSR count). The molecule has 7 nitrogen and oxygen atoms in total. The van der Waals surface area contributed by atoms with Gasteiger partial charge in [0, 0.05) is 23.5 Å². The Morgan fingerprint density at radius 3 is 2.50 bits per heavy atom. The third-order valence-corrected chi connectivity index (χ3v) is 5.74. The smallest absolute Gasteiger partial charge is 0.277 e. The first-order chi connectivity index (χ1) is 15.4. The highest BCUT2D eigenvalue weighted by molar-refractivity contribution is 6.42. The van der Waals surface area contributed by atoms with E-state index in [1.54, 1.807) is 53.5 Å². The molecule has 0 fully saturated rings. The summed E-state index contributed by atoms with van der Waals surface area (Å²) in [5, 5.41) is 13.0. The fourth-order valence-corrected chi connectivity index (χ4v) is 3.36. The number of nitrogens with one attached hydrogen (secondary N) is 1. The van der Waals surface area contributed by atoms with E-state index in [0.717, 1.165) is 11.1 Å². The number of rotatable bonds is 7. The summed E-state index contributed by atoms with van der Waals surface area (Å²) >= 11 is 18.0. The number of benzene rings is 2. The number of hydrogen-bond acceptors (Lipinski definition) is 4. The molecule has 0 aliphatic rings. The number of aromatic nitrogens is 4. The van der Waals surface area contributed by atoms with Crippen molar-refractivity contribution in [3.8, 4) is 5.75 Å². The molecule has 0 atom stereocenters. The molecule has 0 spiro atoms. The molecule has 2 heterocycles. The van der Waals surface area contributed by atoms with Crippen molar-refractivity contribution in [3.63, 3.8) is 0 Å². The average Bonchev–Trinajstić information content (AvgIpc) is 3.41. The SMILES string of the molecule is Cc1cc(OCn2ccc(C(=O)Nc3ccn(Cc4ccc(Cl)c(Cl)c4)n3)n2)ccc1Cl. The van der Waals surface area contributed by atoms with Crippen molar-refractivity contribution in [2.45, 2.75) is 20.2 Å². The molecule has 0 aliphatic heterocycles. The molecule has 1 amide bonds. The van der Waals surface area contributed by atoms with Gasteiger partial charge >= 0.3 is 0 Å². The second kappa shape index (κ2) is 9.65. The van der Waals surface area contributed by atoms with Gasteiger partial charge in [-0.05, 0) is 54.4 Å². The molecule has 0 radical (unpaired) electrons. The minimum absolute atomic E-state index is 0.159. The van der Waals surface area contributed by atoms with Crippen LogP contribution in [0, 0.1) is 6.92 Å². The Bertz CT molecular complexity index is 1270. The molecule has 32 heavy (non-hydrogen) atoms. The molecule has 2 aromatic carbocycles. The molecule has 2 aromatic heterocycles. The molecule has 0 saturated heterocycles. The van der Waals surface area contributed by atoms with Crippen LogP contribution in [0.2, 0.25) is 15.1 Å². The fourth-order valence-electron chi connectivity index (χ4n) is 2.92. The van der Waals surface area contributed by atoms with Gasteiger partial charge in [0.15, 0.2) is 18.2 Å². The molecule has 0 unspecified atom stereocenters. The van der Waals surface area contributed by atoms with E-state index in [0.29, 0.717) is 33.2 Å². The first-order valence-electron chi connectivity index (χ1n) is 9.58. The first-order valence-corrected chi connectivity index (χ1v) is 10.7. The maximum atomic E-state index is 12.5. The van der Waals surface area contributed by atoms with Gasteiger partial charge in [-0.3, -0.25) is 9.48 Å². The number of anilines is 1. The zero-order chi connectivity index (χ0) is 22.7. The number of aryl methyl sites for hydroxylation is 1. The number of hydrogen-bond donors (Lipinski definition) is 1. The number of amides is 1. The highest BCUT2D eigenvalue weighted by atomic mass is 35.5. The Kier molecular flexibility index (Phi) is 6.69. The molecule has 0 bridgehead atoms. The number of ether oxygens (including phenoxy) is 1. The van der Waals surface area contributed by atoms with Crippen LogP contribution in [-0.2, 0) is 13.3 Å². The summed E-state index contributed by atoms with van der Waals surface area (Å²) in [7, 11) is 0. The Morgan fingerprint density at radius 2 is 1.72 bits per heavy atom. The van der Waals surface area contributed by atoms with Crippen molar-refractivity contribution in [2.24, 2.45) is 0 Å². The number of carbonyl (C=O) groups excluding carboxylic acids is 1. The second-order valence-electron chi connectivity index (χ2n) is 7.03. The predicted octanol–water partition coefficient (Wildman–Crippen LogP) is 5.69. The van der Waals surface area contributed by atoms with Crippen molar-refractivity contribution in [3.05, 3.63) is 92.8 Å². The summed E-state index contributed by atoms with van der Waals surface area (Å²) in [6.45, 7) is 2.55. The quantitative estimate of drug-likeness (QED) is 0.361. The lowest BCUT2D eigenvalue weighted by molar-refractivity contribution is 0.101. The van der Waals surface area contributed by atoms with Crippen LogP contribution in [0.25, 0.3) is 0 Å². The van der Waals surface area contributed by atoms with Crippen LogP contribution in [0.15, 0.2) is 60.9 Å². The summed E-state index contributed by atoms with van der Waals surface area (Å²) in [5.41, 5.74) is 2.11. The molecular formula is C22H18Cl3N5O2. The van der Waals surface area contributed by atoms with Crippen molar-refractivity contribution in [2.75, 3.05) is 5.32 Å². The van der Waals surface area contributed by atoms with E-state index in [9.17, 15) is 4.79 Å². The third kappa shape index (κ3) is 5.43. The Balaban J connectivity index is 1.33. The minimum Gasteiger partial charge on any atom is -0.471 e. The van der Waals surface area contributed by atoms with E-state index in [2.05, 4.69) is 15.5 Å². The molecule has 1 N–H and O–H groups in total. The van der Waals surface area contributed by atoms with Gasteiger partial charge in [-0.2, -0.15) is 10.2 Å². The Labute approximate surface area is 199 Å². The predicted molar refractivity (Wildman–Crippen MR) is 125 cm³/mol. The van der Waals surface area contributed by atoms with Gasteiger partial charge in [-0.25, -0.2) is 4.68 Å². The molecule has 10 heteroatoms. The lowest BCUT2D eigenvalue weighted by atomic mass is 10.2. The van der Waals surface area contributed by atoms with Gasteiger partial charge in [-0.15, -0.1) is 0 Å². The zero-order valence-electron chi connectivity index (χ0n) is 16.9. The van der Waals surface area contributed by atoms with Crippen LogP contribution >= 0.6 is 34.8 Å². The maximum Gasteiger partial charge on any atom is 0.277 e. The normalized spacial score (nSPS) is 10.9. The van der Waals surface area contributed by atoms with Crippen LogP contribution in [0.3, 0.4) is 0 Å². The van der Waals surface area contributed by atoms with Gasteiger partial charge in [0.1, 0.15) is 5.75 Å². The number of nitrogens with zero attached hydrogens (tertiary/aromatic N) is 4. The lowest BCUT2D eigenvalue weighted by Crippen LogP contribution is -2.15. The summed E-state index contributed by atoms with van der Waals surface area (Å²) in [4.78, 5) is 12.5. The fraction of sp³-hybridized carbons (Fsp3) is 0.136. The average molecular weight is 491 g/mol. The van der Waals surface area contributed by atoms with Gasteiger partial charge < -0.3 is 10.1 Å². The summed E-state index contributed by atoms with van der Waals surface area (Å²) in [5.74, 6) is 0.712. The monoisotopic (exact) mass is 489 g/mol. The minimum atomic E-state index is -0.370. The molecule has 0 saturated carbocycles. The maximum absolute atomic E-state index is 12.5. The van der Waals surface area contributed by atoms with Gasteiger partial charge in [0.05, 0.1) is 16.6 Å². The molecule has 4 aromatic rings. The van der Waals surface area contributed by atoms with E-state index >= 15 is 0 Å². The third-order valence-electron chi connectivity index (χ3n) is 4.58. The second-order valence-corrected chi connectivity index (χ2v) is 8.25. The van der Waals surface area contributed by atoms with Crippen molar-refractivity contribution in [1.29, 1.82) is 0 Å². The van der Waals surface area contributed by atoms with Crippen molar-refractivity contribution in [1.82, 2.24) is 19.6 Å². The molecule has 0 aliphatic carbocycles. The van der Waals surface area contributed by atoms with Crippen LogP contribution < -0.4 is 10.1 Å². The highest BCUT2D eigenvalue weighted by Crippen LogP contribution is 2.23. The molecule has 164 valence electrons. The van der Waals surface area contributed by atoms with Crippen molar-refractivity contribution < 1.29 is 9.53 Å². The van der Waals surface area contributed by atoms with E-state index in [1.807, 2.05) is 19.1 Å². The van der Waals surface area contributed by atoms with Gasteiger partial charge in [-0.1, -0.05) is 40.9 Å². The van der Waals surface area contributed by atoms with Crippen molar-refractivity contribution >= 4 is 46.5 Å². The Morgan fingerprint density at radius 1 is 0.938 bits per heavy atom. The van der Waals surface area contributed by atoms with Gasteiger partial charge in [0.2, 0.25) is 0 Å². The highest BCUT2D eigenvalue weighted by Gasteiger charge is 2.12. The lowest BCUT2D eigenvalue weighted by Gasteiger charge is -2.07. The number of carbonyl (C=O) groups is 1. The van der Waals surface area contributed by atoms with E-state index in [-0.39, 0.29) is 18.3 Å².